The highest BCUT2D eigenvalue weighted by atomic mass is 16.2. The number of rotatable bonds is 4. The van der Waals surface area contributed by atoms with Gasteiger partial charge in [-0.05, 0) is 19.1 Å². The largest absolute Gasteiger partial charge is 0.339 e. The molecule has 0 N–H and O–H groups in total. The van der Waals surface area contributed by atoms with Gasteiger partial charge in [0.15, 0.2) is 5.82 Å². The molecular weight excluding hydrogens is 288 g/mol. The van der Waals surface area contributed by atoms with Crippen molar-refractivity contribution in [2.75, 3.05) is 13.6 Å². The SMILES string of the molecule is CCN(C)C(=O)c1nc(-c2ccccc2)n(-c2ccccc2)n1. The van der Waals surface area contributed by atoms with Crippen LogP contribution in [-0.4, -0.2) is 39.2 Å². The van der Waals surface area contributed by atoms with Crippen LogP contribution in [0, 0.1) is 0 Å². The maximum Gasteiger partial charge on any atom is 0.293 e. The van der Waals surface area contributed by atoms with Crippen molar-refractivity contribution < 1.29 is 4.79 Å². The molecule has 0 aliphatic carbocycles. The van der Waals surface area contributed by atoms with E-state index in [4.69, 9.17) is 0 Å². The number of para-hydroxylation sites is 1. The van der Waals surface area contributed by atoms with Crippen molar-refractivity contribution in [2.45, 2.75) is 6.92 Å². The third-order valence-corrected chi connectivity index (χ3v) is 3.65. The topological polar surface area (TPSA) is 51.0 Å². The predicted octanol–water partition coefficient (Wildman–Crippen LogP) is 3.03. The fourth-order valence-corrected chi connectivity index (χ4v) is 2.24. The molecule has 3 aromatic rings. The predicted molar refractivity (Wildman–Crippen MR) is 89.4 cm³/mol. The van der Waals surface area contributed by atoms with E-state index >= 15 is 0 Å². The first-order valence-corrected chi connectivity index (χ1v) is 7.54. The van der Waals surface area contributed by atoms with Crippen molar-refractivity contribution in [1.82, 2.24) is 19.7 Å². The lowest BCUT2D eigenvalue weighted by atomic mass is 10.2. The summed E-state index contributed by atoms with van der Waals surface area (Å²) in [4.78, 5) is 18.5. The van der Waals surface area contributed by atoms with E-state index in [1.54, 1.807) is 16.6 Å². The molecule has 5 nitrogen and oxygen atoms in total. The van der Waals surface area contributed by atoms with Gasteiger partial charge in [-0.25, -0.2) is 9.67 Å². The molecule has 0 spiro atoms. The smallest absolute Gasteiger partial charge is 0.293 e. The number of nitrogens with zero attached hydrogens (tertiary/aromatic N) is 4. The number of aromatic nitrogens is 3. The summed E-state index contributed by atoms with van der Waals surface area (Å²) >= 11 is 0. The second-order valence-electron chi connectivity index (χ2n) is 5.19. The van der Waals surface area contributed by atoms with Gasteiger partial charge in [0.25, 0.3) is 5.91 Å². The quantitative estimate of drug-likeness (QED) is 0.744. The first kappa shape index (κ1) is 15.0. The van der Waals surface area contributed by atoms with E-state index in [2.05, 4.69) is 10.1 Å². The van der Waals surface area contributed by atoms with Crippen LogP contribution in [0.15, 0.2) is 60.7 Å². The van der Waals surface area contributed by atoms with Crippen molar-refractivity contribution in [2.24, 2.45) is 0 Å². The normalized spacial score (nSPS) is 10.5. The van der Waals surface area contributed by atoms with Gasteiger partial charge in [-0.1, -0.05) is 48.5 Å². The van der Waals surface area contributed by atoms with E-state index in [0.29, 0.717) is 12.4 Å². The molecule has 0 aliphatic heterocycles. The molecule has 0 atom stereocenters. The van der Waals surface area contributed by atoms with E-state index in [1.165, 1.54) is 0 Å². The van der Waals surface area contributed by atoms with Crippen LogP contribution in [0.1, 0.15) is 17.5 Å². The molecule has 0 unspecified atom stereocenters. The number of carbonyl (C=O) groups is 1. The fraction of sp³-hybridized carbons (Fsp3) is 0.167. The van der Waals surface area contributed by atoms with Gasteiger partial charge in [0.2, 0.25) is 5.82 Å². The summed E-state index contributed by atoms with van der Waals surface area (Å²) in [7, 11) is 1.74. The Bertz CT molecular complexity index is 739. The number of carbonyl (C=O) groups excluding carboxylic acids is 1. The summed E-state index contributed by atoms with van der Waals surface area (Å²) in [6.07, 6.45) is 0. The summed E-state index contributed by atoms with van der Waals surface area (Å²) in [6, 6.07) is 19.5. The molecule has 0 saturated heterocycles. The fourth-order valence-electron chi connectivity index (χ4n) is 2.24. The van der Waals surface area contributed by atoms with Crippen LogP contribution >= 0.6 is 0 Å². The second kappa shape index (κ2) is 6.44. The van der Waals surface area contributed by atoms with Gasteiger partial charge in [0, 0.05) is 19.2 Å². The maximum atomic E-state index is 12.4. The van der Waals surface area contributed by atoms with Crippen LogP contribution in [-0.2, 0) is 0 Å². The Morgan fingerprint density at radius 2 is 1.65 bits per heavy atom. The van der Waals surface area contributed by atoms with Crippen LogP contribution in [0.25, 0.3) is 17.1 Å². The van der Waals surface area contributed by atoms with Gasteiger partial charge >= 0.3 is 0 Å². The average Bonchev–Trinajstić information content (AvgIpc) is 3.07. The van der Waals surface area contributed by atoms with Gasteiger partial charge in [-0.2, -0.15) is 0 Å². The Balaban J connectivity index is 2.13. The van der Waals surface area contributed by atoms with Crippen molar-refractivity contribution in [3.63, 3.8) is 0 Å². The molecule has 0 aliphatic rings. The Morgan fingerprint density at radius 3 is 2.26 bits per heavy atom. The highest BCUT2D eigenvalue weighted by Gasteiger charge is 2.20. The molecule has 0 radical (unpaired) electrons. The Kier molecular flexibility index (Phi) is 4.19. The van der Waals surface area contributed by atoms with Crippen molar-refractivity contribution in [3.8, 4) is 17.1 Å². The Labute approximate surface area is 135 Å². The Hall–Kier alpha value is -2.95. The number of benzene rings is 2. The molecular formula is C18H18N4O. The maximum absolute atomic E-state index is 12.4. The molecule has 1 amide bonds. The highest BCUT2D eigenvalue weighted by molar-refractivity contribution is 5.90. The number of hydrogen-bond donors (Lipinski definition) is 0. The zero-order valence-corrected chi connectivity index (χ0v) is 13.2. The van der Waals surface area contributed by atoms with E-state index in [1.807, 2.05) is 67.6 Å². The molecule has 0 bridgehead atoms. The van der Waals surface area contributed by atoms with E-state index in [-0.39, 0.29) is 11.7 Å². The molecule has 23 heavy (non-hydrogen) atoms. The third kappa shape index (κ3) is 2.99. The van der Waals surface area contributed by atoms with Crippen molar-refractivity contribution >= 4 is 5.91 Å². The van der Waals surface area contributed by atoms with Gasteiger partial charge < -0.3 is 4.90 Å². The first-order chi connectivity index (χ1) is 11.2. The second-order valence-corrected chi connectivity index (χ2v) is 5.19. The number of amides is 1. The van der Waals surface area contributed by atoms with Crippen LogP contribution < -0.4 is 0 Å². The van der Waals surface area contributed by atoms with Gasteiger partial charge in [-0.15, -0.1) is 5.10 Å². The summed E-state index contributed by atoms with van der Waals surface area (Å²) in [5.41, 5.74) is 1.79. The van der Waals surface area contributed by atoms with Gasteiger partial charge in [0.1, 0.15) is 0 Å². The minimum Gasteiger partial charge on any atom is -0.339 e. The summed E-state index contributed by atoms with van der Waals surface area (Å²) in [6.45, 7) is 2.53. The van der Waals surface area contributed by atoms with E-state index in [0.717, 1.165) is 11.3 Å². The molecule has 3 rings (SSSR count). The lowest BCUT2D eigenvalue weighted by Crippen LogP contribution is -2.27. The monoisotopic (exact) mass is 306 g/mol. The molecule has 1 aromatic heterocycles. The van der Waals surface area contributed by atoms with Crippen LogP contribution in [0.4, 0.5) is 0 Å². The third-order valence-electron chi connectivity index (χ3n) is 3.65. The zero-order valence-electron chi connectivity index (χ0n) is 13.2. The van der Waals surface area contributed by atoms with Crippen molar-refractivity contribution in [3.05, 3.63) is 66.5 Å². The minimum atomic E-state index is -0.181. The first-order valence-electron chi connectivity index (χ1n) is 7.54. The lowest BCUT2D eigenvalue weighted by molar-refractivity contribution is 0.0790. The summed E-state index contributed by atoms with van der Waals surface area (Å²) in [5.74, 6) is 0.682. The summed E-state index contributed by atoms with van der Waals surface area (Å²) < 4.78 is 1.71. The lowest BCUT2D eigenvalue weighted by Gasteiger charge is -2.10. The average molecular weight is 306 g/mol. The zero-order chi connectivity index (χ0) is 16.2. The van der Waals surface area contributed by atoms with Crippen molar-refractivity contribution in [1.29, 1.82) is 0 Å². The molecule has 2 aromatic carbocycles. The molecule has 0 fully saturated rings. The minimum absolute atomic E-state index is 0.181. The van der Waals surface area contributed by atoms with E-state index in [9.17, 15) is 4.79 Å². The van der Waals surface area contributed by atoms with Gasteiger partial charge in [0.05, 0.1) is 5.69 Å². The molecule has 5 heteroatoms. The molecule has 1 heterocycles. The Morgan fingerprint density at radius 1 is 1.04 bits per heavy atom. The van der Waals surface area contributed by atoms with E-state index < -0.39 is 0 Å². The van der Waals surface area contributed by atoms with Gasteiger partial charge in [-0.3, -0.25) is 4.79 Å². The number of hydrogen-bond acceptors (Lipinski definition) is 3. The molecule has 116 valence electrons. The van der Waals surface area contributed by atoms with Crippen LogP contribution in [0.5, 0.6) is 0 Å². The van der Waals surface area contributed by atoms with Crippen LogP contribution in [0.2, 0.25) is 0 Å². The van der Waals surface area contributed by atoms with Crippen LogP contribution in [0.3, 0.4) is 0 Å². The molecule has 0 saturated carbocycles. The standard InChI is InChI=1S/C18H18N4O/c1-3-21(2)18(23)16-19-17(14-10-6-4-7-11-14)22(20-16)15-12-8-5-9-13-15/h4-13H,3H2,1-2H3. The summed E-state index contributed by atoms with van der Waals surface area (Å²) in [5, 5.41) is 4.44. The highest BCUT2D eigenvalue weighted by Crippen LogP contribution is 2.21.